The molecule has 2 aromatic heterocycles. The molecule has 0 aliphatic carbocycles. The Morgan fingerprint density at radius 1 is 0.490 bits per heavy atom. The fraction of sp³-hybridized carbons (Fsp3) is 0.0652. The molecule has 0 atom stereocenters. The van der Waals surface area contributed by atoms with E-state index in [-0.39, 0.29) is 0 Å². The van der Waals surface area contributed by atoms with E-state index in [0.717, 1.165) is 40.8 Å². The van der Waals surface area contributed by atoms with Crippen LogP contribution in [-0.4, -0.2) is 9.55 Å². The van der Waals surface area contributed by atoms with Crippen molar-refractivity contribution in [1.82, 2.24) is 9.55 Å². The van der Waals surface area contributed by atoms with Gasteiger partial charge in [-0.05, 0) is 87.8 Å². The monoisotopic (exact) mass is 630 g/mol. The van der Waals surface area contributed by atoms with Gasteiger partial charge in [-0.15, -0.1) is 0 Å². The molecule has 0 aliphatic rings. The molecule has 0 amide bonds. The number of fused-ring (bicyclic) bond motifs is 4. The summed E-state index contributed by atoms with van der Waals surface area (Å²) >= 11 is 0. The van der Waals surface area contributed by atoms with E-state index in [0.29, 0.717) is 5.89 Å². The highest BCUT2D eigenvalue weighted by molar-refractivity contribution is 6.09. The molecule has 0 saturated carbocycles. The number of hydrogen-bond acceptors (Lipinski definition) is 2. The molecule has 49 heavy (non-hydrogen) atoms. The zero-order valence-electron chi connectivity index (χ0n) is 27.3. The van der Waals surface area contributed by atoms with Crippen molar-refractivity contribution in [3.63, 3.8) is 0 Å². The number of para-hydroxylation sites is 3. The van der Waals surface area contributed by atoms with Crippen LogP contribution in [0.5, 0.6) is 0 Å². The van der Waals surface area contributed by atoms with Crippen LogP contribution in [0.3, 0.4) is 0 Å². The van der Waals surface area contributed by atoms with Gasteiger partial charge in [0.15, 0.2) is 5.58 Å². The molecule has 3 nitrogen and oxygen atoms in total. The van der Waals surface area contributed by atoms with Crippen LogP contribution in [0, 0.1) is 0 Å². The average molecular weight is 631 g/mol. The van der Waals surface area contributed by atoms with E-state index in [9.17, 15) is 0 Å². The Morgan fingerprint density at radius 2 is 1.00 bits per heavy atom. The number of aromatic nitrogens is 2. The molecular formula is C46H34N2O. The molecule has 0 aliphatic heterocycles. The maximum Gasteiger partial charge on any atom is 0.227 e. The van der Waals surface area contributed by atoms with Gasteiger partial charge >= 0.3 is 0 Å². The number of nitrogens with zero attached hydrogens (tertiary/aromatic N) is 2. The minimum atomic E-state index is 0.660. The summed E-state index contributed by atoms with van der Waals surface area (Å²) in [6.45, 7) is 2.19. The first kappa shape index (κ1) is 29.0. The number of aryl methyl sites for hydroxylation is 1. The second kappa shape index (κ2) is 12.1. The summed E-state index contributed by atoms with van der Waals surface area (Å²) in [5, 5.41) is 2.54. The maximum absolute atomic E-state index is 6.30. The van der Waals surface area contributed by atoms with Gasteiger partial charge in [-0.25, -0.2) is 4.98 Å². The molecule has 2 heterocycles. The first-order valence-corrected chi connectivity index (χ1v) is 17.0. The van der Waals surface area contributed by atoms with E-state index in [1.807, 2.05) is 6.07 Å². The van der Waals surface area contributed by atoms with Crippen LogP contribution in [0.1, 0.15) is 18.9 Å². The van der Waals surface area contributed by atoms with Crippen molar-refractivity contribution < 1.29 is 4.42 Å². The molecule has 7 aromatic carbocycles. The molecule has 0 radical (unpaired) electrons. The van der Waals surface area contributed by atoms with Gasteiger partial charge in [0.1, 0.15) is 5.52 Å². The largest absolute Gasteiger partial charge is 0.436 e. The number of oxazole rings is 1. The summed E-state index contributed by atoms with van der Waals surface area (Å²) in [7, 11) is 0. The van der Waals surface area contributed by atoms with E-state index in [4.69, 9.17) is 9.40 Å². The highest BCUT2D eigenvalue weighted by Gasteiger charge is 2.16. The smallest absolute Gasteiger partial charge is 0.227 e. The van der Waals surface area contributed by atoms with Crippen LogP contribution >= 0.6 is 0 Å². The summed E-state index contributed by atoms with van der Waals surface area (Å²) in [6.07, 6.45) is 2.05. The quantitative estimate of drug-likeness (QED) is 0.175. The molecule has 0 N–H and O–H groups in total. The lowest BCUT2D eigenvalue weighted by molar-refractivity contribution is 0.614. The summed E-state index contributed by atoms with van der Waals surface area (Å²) in [6, 6.07) is 58.5. The Hall–Kier alpha value is -6.19. The van der Waals surface area contributed by atoms with Crippen LogP contribution in [-0.2, 0) is 6.42 Å². The summed E-state index contributed by atoms with van der Waals surface area (Å²) < 4.78 is 8.67. The van der Waals surface area contributed by atoms with Gasteiger partial charge in [-0.1, -0.05) is 135 Å². The zero-order valence-corrected chi connectivity index (χ0v) is 27.3. The topological polar surface area (TPSA) is 31.0 Å². The van der Waals surface area contributed by atoms with Crippen molar-refractivity contribution in [1.29, 1.82) is 0 Å². The van der Waals surface area contributed by atoms with Gasteiger partial charge in [0, 0.05) is 22.0 Å². The number of benzene rings is 7. The van der Waals surface area contributed by atoms with Crippen molar-refractivity contribution in [3.05, 3.63) is 169 Å². The Morgan fingerprint density at radius 3 is 1.59 bits per heavy atom. The third-order valence-corrected chi connectivity index (χ3v) is 9.62. The number of hydrogen-bond donors (Lipinski definition) is 0. The van der Waals surface area contributed by atoms with E-state index in [2.05, 4.69) is 169 Å². The van der Waals surface area contributed by atoms with Crippen LogP contribution in [0.2, 0.25) is 0 Å². The first-order valence-electron chi connectivity index (χ1n) is 17.0. The fourth-order valence-corrected chi connectivity index (χ4v) is 7.32. The number of rotatable bonds is 7. The molecule has 3 heteroatoms. The lowest BCUT2D eigenvalue weighted by Gasteiger charge is -2.15. The van der Waals surface area contributed by atoms with Crippen LogP contribution in [0.25, 0.3) is 83.4 Å². The van der Waals surface area contributed by atoms with Crippen molar-refractivity contribution in [3.8, 4) is 50.5 Å². The standard InChI is InChI=1S/C46H34N2O/c1-2-12-33-13-11-20-42-45(33)49-46(47-42)34-25-23-31(24-26-34)36-14-3-5-16-38(36)39-17-6-4-15-37(39)32-27-29-35(30-28-32)48-43-21-9-7-18-40(43)41-19-8-10-22-44(41)48/h3-11,13-30H,2,12H2,1H3. The van der Waals surface area contributed by atoms with Crippen molar-refractivity contribution in [2.24, 2.45) is 0 Å². The van der Waals surface area contributed by atoms with Crippen LogP contribution < -0.4 is 0 Å². The van der Waals surface area contributed by atoms with Crippen LogP contribution in [0.15, 0.2) is 168 Å². The van der Waals surface area contributed by atoms with Gasteiger partial charge in [0.25, 0.3) is 0 Å². The Balaban J connectivity index is 1.07. The van der Waals surface area contributed by atoms with Gasteiger partial charge in [-0.3, -0.25) is 0 Å². The minimum Gasteiger partial charge on any atom is -0.436 e. The predicted molar refractivity (Wildman–Crippen MR) is 204 cm³/mol. The molecular weight excluding hydrogens is 597 g/mol. The second-order valence-electron chi connectivity index (χ2n) is 12.6. The van der Waals surface area contributed by atoms with Gasteiger partial charge in [0.2, 0.25) is 5.89 Å². The molecule has 9 rings (SSSR count). The third kappa shape index (κ3) is 5.03. The molecule has 9 aromatic rings. The normalized spacial score (nSPS) is 11.5. The minimum absolute atomic E-state index is 0.660. The SMILES string of the molecule is CCCc1cccc2nc(-c3ccc(-c4ccccc4-c4ccccc4-c4ccc(-n5c6ccccc6c6ccccc65)cc4)cc3)oc12. The summed E-state index contributed by atoms with van der Waals surface area (Å²) in [4.78, 5) is 4.82. The van der Waals surface area contributed by atoms with Gasteiger partial charge in [0.05, 0.1) is 11.0 Å². The van der Waals surface area contributed by atoms with Crippen molar-refractivity contribution >= 4 is 32.9 Å². The third-order valence-electron chi connectivity index (χ3n) is 9.62. The molecule has 0 bridgehead atoms. The second-order valence-corrected chi connectivity index (χ2v) is 12.6. The van der Waals surface area contributed by atoms with E-state index in [1.165, 1.54) is 55.2 Å². The molecule has 234 valence electrons. The molecule has 0 spiro atoms. The lowest BCUT2D eigenvalue weighted by atomic mass is 9.89. The Kier molecular flexibility index (Phi) is 7.17. The maximum atomic E-state index is 6.30. The summed E-state index contributed by atoms with van der Waals surface area (Å²) in [5.41, 5.74) is 14.7. The molecule has 0 saturated heterocycles. The zero-order chi connectivity index (χ0) is 32.7. The van der Waals surface area contributed by atoms with Crippen molar-refractivity contribution in [2.45, 2.75) is 19.8 Å². The Labute approximate surface area is 285 Å². The highest BCUT2D eigenvalue weighted by Crippen LogP contribution is 2.40. The summed E-state index contributed by atoms with van der Waals surface area (Å²) in [5.74, 6) is 0.660. The lowest BCUT2D eigenvalue weighted by Crippen LogP contribution is -1.94. The van der Waals surface area contributed by atoms with Gasteiger partial charge in [-0.2, -0.15) is 0 Å². The van der Waals surface area contributed by atoms with E-state index >= 15 is 0 Å². The van der Waals surface area contributed by atoms with Crippen molar-refractivity contribution in [2.75, 3.05) is 0 Å². The Bertz CT molecular complexity index is 2550. The first-order chi connectivity index (χ1) is 24.3. The van der Waals surface area contributed by atoms with Gasteiger partial charge < -0.3 is 8.98 Å². The average Bonchev–Trinajstić information content (AvgIpc) is 3.76. The molecule has 0 unspecified atom stereocenters. The van der Waals surface area contributed by atoms with Crippen LogP contribution in [0.4, 0.5) is 0 Å². The molecule has 0 fully saturated rings. The fourth-order valence-electron chi connectivity index (χ4n) is 7.32. The van der Waals surface area contributed by atoms with E-state index in [1.54, 1.807) is 0 Å². The highest BCUT2D eigenvalue weighted by atomic mass is 16.3. The predicted octanol–water partition coefficient (Wildman–Crippen LogP) is 12.5. The van der Waals surface area contributed by atoms with E-state index < -0.39 is 0 Å².